The van der Waals surface area contributed by atoms with Crippen LogP contribution in [0.4, 0.5) is 0 Å². The molecule has 122 valence electrons. The Labute approximate surface area is 147 Å². The normalized spacial score (nSPS) is 10.7. The van der Waals surface area contributed by atoms with Crippen molar-refractivity contribution in [3.8, 4) is 0 Å². The minimum Gasteiger partial charge on any atom is -0.356 e. The molecule has 1 heterocycles. The number of hydrogen-bond acceptors (Lipinski definition) is 2. The maximum atomic E-state index is 12.1. The molecule has 0 saturated heterocycles. The second-order valence-electron chi connectivity index (χ2n) is 5.77. The molecule has 0 bridgehead atoms. The molecule has 24 heavy (non-hydrogen) atoms. The summed E-state index contributed by atoms with van der Waals surface area (Å²) in [6.45, 7) is 0.679. The summed E-state index contributed by atoms with van der Waals surface area (Å²) in [5.74, 6) is 0.395. The van der Waals surface area contributed by atoms with Crippen LogP contribution in [-0.4, -0.2) is 12.5 Å². The molecule has 1 aromatic heterocycles. The van der Waals surface area contributed by atoms with Gasteiger partial charge in [-0.3, -0.25) is 4.79 Å². The largest absolute Gasteiger partial charge is 0.356 e. The number of benzene rings is 2. The summed E-state index contributed by atoms with van der Waals surface area (Å²) >= 11 is 1.62. The molecule has 0 saturated carbocycles. The summed E-state index contributed by atoms with van der Waals surface area (Å²) in [7, 11) is 0. The van der Waals surface area contributed by atoms with Gasteiger partial charge in [-0.15, -0.1) is 11.3 Å². The summed E-state index contributed by atoms with van der Waals surface area (Å²) in [4.78, 5) is 13.2. The third-order valence-corrected chi connectivity index (χ3v) is 4.95. The van der Waals surface area contributed by atoms with E-state index in [1.54, 1.807) is 11.3 Å². The molecular formula is C21H21NOS. The second-order valence-corrected chi connectivity index (χ2v) is 6.80. The number of carbonyl (C=O) groups excluding carboxylic acids is 1. The highest BCUT2D eigenvalue weighted by Gasteiger charge is 2.14. The zero-order valence-corrected chi connectivity index (χ0v) is 14.3. The van der Waals surface area contributed by atoms with Gasteiger partial charge in [0.05, 0.1) is 6.42 Å². The minimum atomic E-state index is 0.0947. The maximum absolute atomic E-state index is 12.1. The van der Waals surface area contributed by atoms with Gasteiger partial charge < -0.3 is 5.32 Å². The van der Waals surface area contributed by atoms with Crippen LogP contribution >= 0.6 is 11.3 Å². The second kappa shape index (κ2) is 8.46. The number of amides is 1. The van der Waals surface area contributed by atoms with E-state index in [-0.39, 0.29) is 5.91 Å². The first-order chi connectivity index (χ1) is 11.8. The van der Waals surface area contributed by atoms with Gasteiger partial charge in [0.2, 0.25) is 5.91 Å². The van der Waals surface area contributed by atoms with E-state index in [0.717, 1.165) is 11.3 Å². The van der Waals surface area contributed by atoms with E-state index in [4.69, 9.17) is 0 Å². The molecule has 0 radical (unpaired) electrons. The van der Waals surface area contributed by atoms with Crippen molar-refractivity contribution in [1.82, 2.24) is 5.32 Å². The van der Waals surface area contributed by atoms with Gasteiger partial charge in [0.25, 0.3) is 0 Å². The predicted molar refractivity (Wildman–Crippen MR) is 100 cm³/mol. The summed E-state index contributed by atoms with van der Waals surface area (Å²) in [6.07, 6.45) is 1.36. The lowest BCUT2D eigenvalue weighted by atomic mass is 9.88. The van der Waals surface area contributed by atoms with Gasteiger partial charge in [0.1, 0.15) is 0 Å². The Balaban J connectivity index is 1.61. The molecule has 0 aliphatic rings. The molecule has 3 aromatic rings. The standard InChI is InChI=1S/C21H21NOS/c23-21(16-19-12-7-15-24-19)22-14-13-20(17-8-3-1-4-9-17)18-10-5-2-6-11-18/h1-12,15,20H,13-14,16H2,(H,22,23). The van der Waals surface area contributed by atoms with Crippen LogP contribution in [0.15, 0.2) is 78.2 Å². The Hall–Kier alpha value is -2.39. The molecule has 0 unspecified atom stereocenters. The Morgan fingerprint density at radius 2 is 1.50 bits per heavy atom. The molecule has 3 heteroatoms. The lowest BCUT2D eigenvalue weighted by molar-refractivity contribution is -0.120. The van der Waals surface area contributed by atoms with Gasteiger partial charge in [-0.1, -0.05) is 66.7 Å². The lowest BCUT2D eigenvalue weighted by Gasteiger charge is -2.18. The van der Waals surface area contributed by atoms with Crippen molar-refractivity contribution in [2.75, 3.05) is 6.54 Å². The van der Waals surface area contributed by atoms with Crippen molar-refractivity contribution in [2.24, 2.45) is 0 Å². The average molecular weight is 335 g/mol. The predicted octanol–water partition coefficient (Wildman–Crippen LogP) is 4.63. The molecule has 2 nitrogen and oxygen atoms in total. The van der Waals surface area contributed by atoms with Crippen molar-refractivity contribution >= 4 is 17.2 Å². The number of rotatable bonds is 7. The van der Waals surface area contributed by atoms with Crippen LogP contribution in [0.1, 0.15) is 28.3 Å². The molecule has 2 aromatic carbocycles. The number of hydrogen-bond donors (Lipinski definition) is 1. The zero-order chi connectivity index (χ0) is 16.6. The highest BCUT2D eigenvalue weighted by atomic mass is 32.1. The fraction of sp³-hybridized carbons (Fsp3) is 0.190. The van der Waals surface area contributed by atoms with Crippen LogP contribution in [0.25, 0.3) is 0 Å². The Morgan fingerprint density at radius 1 is 0.875 bits per heavy atom. The Bertz CT molecular complexity index is 699. The first-order valence-electron chi connectivity index (χ1n) is 8.22. The van der Waals surface area contributed by atoms with Crippen molar-refractivity contribution in [3.63, 3.8) is 0 Å². The van der Waals surface area contributed by atoms with E-state index in [0.29, 0.717) is 18.9 Å². The minimum absolute atomic E-state index is 0.0947. The summed E-state index contributed by atoms with van der Waals surface area (Å²) in [6, 6.07) is 25.0. The van der Waals surface area contributed by atoms with Crippen LogP contribution in [0, 0.1) is 0 Å². The molecule has 3 rings (SSSR count). The Kier molecular flexibility index (Phi) is 5.80. The molecule has 0 spiro atoms. The topological polar surface area (TPSA) is 29.1 Å². The van der Waals surface area contributed by atoms with Gasteiger partial charge >= 0.3 is 0 Å². The van der Waals surface area contributed by atoms with E-state index in [1.165, 1.54) is 11.1 Å². The van der Waals surface area contributed by atoms with Gasteiger partial charge in [0, 0.05) is 17.3 Å². The number of nitrogens with one attached hydrogen (secondary N) is 1. The molecule has 1 N–H and O–H groups in total. The van der Waals surface area contributed by atoms with Gasteiger partial charge in [-0.05, 0) is 29.0 Å². The quantitative estimate of drug-likeness (QED) is 0.670. The molecule has 0 fully saturated rings. The highest BCUT2D eigenvalue weighted by molar-refractivity contribution is 7.10. The van der Waals surface area contributed by atoms with Crippen LogP contribution in [-0.2, 0) is 11.2 Å². The zero-order valence-electron chi connectivity index (χ0n) is 13.5. The smallest absolute Gasteiger partial charge is 0.225 e. The molecule has 0 aliphatic carbocycles. The van der Waals surface area contributed by atoms with Crippen molar-refractivity contribution in [1.29, 1.82) is 0 Å². The monoisotopic (exact) mass is 335 g/mol. The third-order valence-electron chi connectivity index (χ3n) is 4.07. The van der Waals surface area contributed by atoms with E-state index in [2.05, 4.69) is 53.8 Å². The van der Waals surface area contributed by atoms with Crippen LogP contribution in [0.3, 0.4) is 0 Å². The SMILES string of the molecule is O=C(Cc1cccs1)NCCC(c1ccccc1)c1ccccc1. The van der Waals surface area contributed by atoms with Crippen LogP contribution < -0.4 is 5.32 Å². The van der Waals surface area contributed by atoms with Crippen molar-refractivity contribution < 1.29 is 4.79 Å². The number of carbonyl (C=O) groups is 1. The van der Waals surface area contributed by atoms with Crippen LogP contribution in [0.2, 0.25) is 0 Å². The van der Waals surface area contributed by atoms with E-state index in [1.807, 2.05) is 29.6 Å². The number of thiophene rings is 1. The highest BCUT2D eigenvalue weighted by Crippen LogP contribution is 2.27. The van der Waals surface area contributed by atoms with E-state index >= 15 is 0 Å². The van der Waals surface area contributed by atoms with Gasteiger partial charge in [-0.2, -0.15) is 0 Å². The Morgan fingerprint density at radius 3 is 2.04 bits per heavy atom. The summed E-state index contributed by atoms with van der Waals surface area (Å²) in [5.41, 5.74) is 2.58. The maximum Gasteiger partial charge on any atom is 0.225 e. The first-order valence-corrected chi connectivity index (χ1v) is 9.10. The van der Waals surface area contributed by atoms with Crippen LogP contribution in [0.5, 0.6) is 0 Å². The molecule has 0 aliphatic heterocycles. The molecular weight excluding hydrogens is 314 g/mol. The lowest BCUT2D eigenvalue weighted by Crippen LogP contribution is -2.27. The van der Waals surface area contributed by atoms with E-state index < -0.39 is 0 Å². The van der Waals surface area contributed by atoms with Gasteiger partial charge in [0.15, 0.2) is 0 Å². The van der Waals surface area contributed by atoms with E-state index in [9.17, 15) is 4.79 Å². The van der Waals surface area contributed by atoms with Crippen molar-refractivity contribution in [2.45, 2.75) is 18.8 Å². The van der Waals surface area contributed by atoms with Crippen molar-refractivity contribution in [3.05, 3.63) is 94.2 Å². The fourth-order valence-corrected chi connectivity index (χ4v) is 3.59. The molecule has 0 atom stereocenters. The molecule has 1 amide bonds. The first kappa shape index (κ1) is 16.5. The summed E-state index contributed by atoms with van der Waals surface area (Å²) < 4.78 is 0. The fourth-order valence-electron chi connectivity index (χ4n) is 2.89. The van der Waals surface area contributed by atoms with Gasteiger partial charge in [-0.25, -0.2) is 0 Å². The third kappa shape index (κ3) is 4.56. The average Bonchev–Trinajstić information content (AvgIpc) is 3.13. The summed E-state index contributed by atoms with van der Waals surface area (Å²) in [5, 5.41) is 5.06.